The van der Waals surface area contributed by atoms with Crippen LogP contribution in [0.5, 0.6) is 0 Å². The molecule has 0 aromatic rings. The third-order valence-electron chi connectivity index (χ3n) is 9.62. The molecule has 0 spiro atoms. The second-order valence-corrected chi connectivity index (χ2v) is 13.3. The predicted octanol–water partition coefficient (Wildman–Crippen LogP) is 8.23. The summed E-state index contributed by atoms with van der Waals surface area (Å²) in [6.45, 7) is 13.4. The smallest absolute Gasteiger partial charge is 0.0603 e. The SMILES string of the molecule is CC1CC/C(=C/C=C2\CCCC3(C)C2CCC3C(C)CCCC(C)(C)O)CC1O.CC1CC1. The number of aliphatic hydroxyl groups excluding tert-OH is 1. The molecule has 0 bridgehead atoms. The van der Waals surface area contributed by atoms with Crippen molar-refractivity contribution in [1.29, 1.82) is 0 Å². The van der Waals surface area contributed by atoms with Crippen molar-refractivity contribution in [2.24, 2.45) is 35.0 Å². The Morgan fingerprint density at radius 3 is 2.36 bits per heavy atom. The fourth-order valence-corrected chi connectivity index (χ4v) is 6.99. The van der Waals surface area contributed by atoms with Crippen molar-refractivity contribution >= 4 is 0 Å². The zero-order valence-electron chi connectivity index (χ0n) is 22.7. The van der Waals surface area contributed by atoms with E-state index in [4.69, 9.17) is 0 Å². The van der Waals surface area contributed by atoms with Gasteiger partial charge in [0.25, 0.3) is 0 Å². The van der Waals surface area contributed by atoms with Gasteiger partial charge in [-0.2, -0.15) is 0 Å². The maximum atomic E-state index is 10.2. The Labute approximate surface area is 205 Å². The molecule has 33 heavy (non-hydrogen) atoms. The van der Waals surface area contributed by atoms with Crippen LogP contribution < -0.4 is 0 Å². The van der Waals surface area contributed by atoms with E-state index in [1.165, 1.54) is 56.9 Å². The molecule has 0 heterocycles. The molecule has 0 aromatic carbocycles. The first-order valence-electron chi connectivity index (χ1n) is 14.3. The third kappa shape index (κ3) is 7.69. The quantitative estimate of drug-likeness (QED) is 0.421. The zero-order chi connectivity index (χ0) is 24.2. The van der Waals surface area contributed by atoms with Crippen molar-refractivity contribution < 1.29 is 10.2 Å². The molecule has 4 rings (SSSR count). The van der Waals surface area contributed by atoms with Crippen molar-refractivity contribution in [3.63, 3.8) is 0 Å². The molecule has 0 radical (unpaired) electrons. The molecule has 4 fully saturated rings. The largest absolute Gasteiger partial charge is 0.393 e. The highest BCUT2D eigenvalue weighted by molar-refractivity contribution is 5.26. The van der Waals surface area contributed by atoms with Crippen LogP contribution >= 0.6 is 0 Å². The lowest BCUT2D eigenvalue weighted by Gasteiger charge is -2.44. The van der Waals surface area contributed by atoms with E-state index in [2.05, 4.69) is 39.8 Å². The van der Waals surface area contributed by atoms with Crippen LogP contribution in [-0.2, 0) is 0 Å². The first-order chi connectivity index (χ1) is 15.5. The van der Waals surface area contributed by atoms with E-state index >= 15 is 0 Å². The summed E-state index contributed by atoms with van der Waals surface area (Å²) in [5.41, 5.74) is 3.06. The summed E-state index contributed by atoms with van der Waals surface area (Å²) >= 11 is 0. The lowest BCUT2D eigenvalue weighted by atomic mass is 9.60. The lowest BCUT2D eigenvalue weighted by Crippen LogP contribution is -2.36. The molecule has 2 nitrogen and oxygen atoms in total. The summed E-state index contributed by atoms with van der Waals surface area (Å²) in [6, 6.07) is 0. The van der Waals surface area contributed by atoms with Gasteiger partial charge in [-0.1, -0.05) is 76.7 Å². The van der Waals surface area contributed by atoms with Crippen LogP contribution in [0, 0.1) is 35.0 Å². The highest BCUT2D eigenvalue weighted by Gasteiger charge is 2.50. The summed E-state index contributed by atoms with van der Waals surface area (Å²) in [7, 11) is 0. The van der Waals surface area contributed by atoms with Gasteiger partial charge in [0.15, 0.2) is 0 Å². The standard InChI is InChI=1S/C27H46O2.C4H8/c1-19(8-6-16-26(3,4)29)23-14-15-24-22(9-7-17-27(23,24)5)13-12-21-11-10-20(2)25(28)18-21;1-4-2-3-4/h12-13,19-20,23-25,28-29H,6-11,14-18H2,1-5H3;4H,2-3H2,1H3/b21-12-,22-13+;. The van der Waals surface area contributed by atoms with Gasteiger partial charge in [-0.15, -0.1) is 0 Å². The molecule has 2 N–H and O–H groups in total. The highest BCUT2D eigenvalue weighted by Crippen LogP contribution is 2.60. The van der Waals surface area contributed by atoms with Gasteiger partial charge in [-0.05, 0) is 107 Å². The van der Waals surface area contributed by atoms with Crippen molar-refractivity contribution in [1.82, 2.24) is 0 Å². The van der Waals surface area contributed by atoms with Gasteiger partial charge in [0.05, 0.1) is 11.7 Å². The van der Waals surface area contributed by atoms with Crippen molar-refractivity contribution in [3.8, 4) is 0 Å². The van der Waals surface area contributed by atoms with Crippen LogP contribution in [0.3, 0.4) is 0 Å². The van der Waals surface area contributed by atoms with Crippen LogP contribution in [0.2, 0.25) is 0 Å². The van der Waals surface area contributed by atoms with Gasteiger partial charge >= 0.3 is 0 Å². The Kier molecular flexibility index (Phi) is 9.35. The number of rotatable bonds is 6. The van der Waals surface area contributed by atoms with E-state index in [0.29, 0.717) is 11.3 Å². The first kappa shape index (κ1) is 27.0. The van der Waals surface area contributed by atoms with Crippen molar-refractivity contribution in [2.45, 2.75) is 137 Å². The van der Waals surface area contributed by atoms with E-state index < -0.39 is 5.60 Å². The maximum Gasteiger partial charge on any atom is 0.0603 e. The molecule has 4 aliphatic rings. The molecule has 6 atom stereocenters. The summed E-state index contributed by atoms with van der Waals surface area (Å²) in [6.07, 6.45) is 20.8. The minimum absolute atomic E-state index is 0.148. The van der Waals surface area contributed by atoms with Crippen LogP contribution in [0.15, 0.2) is 23.3 Å². The number of hydrogen-bond acceptors (Lipinski definition) is 2. The Morgan fingerprint density at radius 2 is 1.76 bits per heavy atom. The van der Waals surface area contributed by atoms with E-state index in [-0.39, 0.29) is 6.10 Å². The van der Waals surface area contributed by atoms with Crippen LogP contribution in [-0.4, -0.2) is 21.9 Å². The summed E-state index contributed by atoms with van der Waals surface area (Å²) < 4.78 is 0. The van der Waals surface area contributed by atoms with Gasteiger partial charge < -0.3 is 10.2 Å². The fraction of sp³-hybridized carbons (Fsp3) is 0.871. The van der Waals surface area contributed by atoms with Gasteiger partial charge in [-0.3, -0.25) is 0 Å². The third-order valence-corrected chi connectivity index (χ3v) is 9.62. The van der Waals surface area contributed by atoms with E-state index in [1.54, 1.807) is 5.57 Å². The topological polar surface area (TPSA) is 40.5 Å². The summed E-state index contributed by atoms with van der Waals surface area (Å²) in [5, 5.41) is 20.3. The summed E-state index contributed by atoms with van der Waals surface area (Å²) in [5.74, 6) is 3.86. The number of allylic oxidation sites excluding steroid dienone is 3. The molecule has 0 saturated heterocycles. The second kappa shape index (κ2) is 11.4. The highest BCUT2D eigenvalue weighted by atomic mass is 16.3. The number of fused-ring (bicyclic) bond motifs is 1. The fourth-order valence-electron chi connectivity index (χ4n) is 6.99. The molecule has 0 aromatic heterocycles. The Hall–Kier alpha value is -0.600. The average molecular weight is 459 g/mol. The average Bonchev–Trinajstić information content (AvgIpc) is 3.43. The monoisotopic (exact) mass is 458 g/mol. The molecule has 0 aliphatic heterocycles. The molecule has 2 heteroatoms. The minimum atomic E-state index is -0.527. The maximum absolute atomic E-state index is 10.2. The molecule has 6 unspecified atom stereocenters. The lowest BCUT2D eigenvalue weighted by molar-refractivity contribution is 0.0596. The Bertz CT molecular complexity index is 680. The van der Waals surface area contributed by atoms with Crippen molar-refractivity contribution in [2.75, 3.05) is 0 Å². The molecule has 0 amide bonds. The van der Waals surface area contributed by atoms with E-state index in [1.807, 2.05) is 13.8 Å². The van der Waals surface area contributed by atoms with E-state index in [0.717, 1.165) is 55.8 Å². The van der Waals surface area contributed by atoms with Crippen LogP contribution in [0.1, 0.15) is 125 Å². The zero-order valence-corrected chi connectivity index (χ0v) is 22.7. The van der Waals surface area contributed by atoms with E-state index in [9.17, 15) is 10.2 Å². The second-order valence-electron chi connectivity index (χ2n) is 13.3. The van der Waals surface area contributed by atoms with Crippen LogP contribution in [0.25, 0.3) is 0 Å². The molecule has 190 valence electrons. The molecular weight excluding hydrogens is 404 g/mol. The van der Waals surface area contributed by atoms with Gasteiger partial charge in [-0.25, -0.2) is 0 Å². The van der Waals surface area contributed by atoms with Gasteiger partial charge in [0.1, 0.15) is 0 Å². The van der Waals surface area contributed by atoms with Gasteiger partial charge in [0, 0.05) is 0 Å². The summed E-state index contributed by atoms with van der Waals surface area (Å²) in [4.78, 5) is 0. The Morgan fingerprint density at radius 1 is 1.06 bits per heavy atom. The van der Waals surface area contributed by atoms with Crippen LogP contribution in [0.4, 0.5) is 0 Å². The first-order valence-corrected chi connectivity index (χ1v) is 14.3. The normalized spacial score (nSPS) is 38.1. The molecule has 4 saturated carbocycles. The number of aliphatic hydroxyl groups is 2. The molecule has 4 aliphatic carbocycles. The van der Waals surface area contributed by atoms with Crippen molar-refractivity contribution in [3.05, 3.63) is 23.3 Å². The minimum Gasteiger partial charge on any atom is -0.393 e. The number of hydrogen-bond donors (Lipinski definition) is 2. The Balaban J connectivity index is 0.000000690. The van der Waals surface area contributed by atoms with Gasteiger partial charge in [0.2, 0.25) is 0 Å². The predicted molar refractivity (Wildman–Crippen MR) is 141 cm³/mol. The molecular formula is C31H54O2.